The molecule has 0 aliphatic rings. The van der Waals surface area contributed by atoms with Gasteiger partial charge in [0.2, 0.25) is 0 Å². The molecular weight excluding hydrogens is 456 g/mol. The molecule has 0 aliphatic carbocycles. The fourth-order valence-corrected chi connectivity index (χ4v) is 3.31. The fraction of sp³-hybridized carbons (Fsp3) is 0.190. The van der Waals surface area contributed by atoms with Gasteiger partial charge in [0.15, 0.2) is 0 Å². The molecule has 29 heavy (non-hydrogen) atoms. The molecule has 0 unspecified atom stereocenters. The molecular formula is C21H20BrClN4O2. The molecule has 0 saturated heterocycles. The normalized spacial score (nSPS) is 13.9. The monoisotopic (exact) mass is 474 g/mol. The van der Waals surface area contributed by atoms with Crippen LogP contribution < -0.4 is 0 Å². The molecule has 0 aliphatic heterocycles. The number of rotatable bonds is 6. The molecule has 8 heteroatoms. The molecule has 150 valence electrons. The summed E-state index contributed by atoms with van der Waals surface area (Å²) in [6, 6.07) is 14.6. The molecule has 1 heterocycles. The Bertz CT molecular complexity index is 1060. The summed E-state index contributed by atoms with van der Waals surface area (Å²) < 4.78 is 2.48. The summed E-state index contributed by atoms with van der Waals surface area (Å²) in [6.07, 6.45) is 0.438. The maximum atomic E-state index is 11.0. The minimum Gasteiger partial charge on any atom is -0.507 e. The average molecular weight is 476 g/mol. The molecule has 0 spiro atoms. The summed E-state index contributed by atoms with van der Waals surface area (Å²) in [5, 5.41) is 30.6. The average Bonchev–Trinajstić information content (AvgIpc) is 3.18. The second-order valence-corrected chi connectivity index (χ2v) is 7.74. The Morgan fingerprint density at radius 1 is 1.21 bits per heavy atom. The third-order valence-corrected chi connectivity index (χ3v) is 5.40. The molecule has 0 fully saturated rings. The number of benzene rings is 2. The molecule has 1 atom stereocenters. The van der Waals surface area contributed by atoms with Crippen LogP contribution in [0.25, 0.3) is 5.76 Å². The number of aliphatic hydroxyl groups excluding tert-OH is 2. The summed E-state index contributed by atoms with van der Waals surface area (Å²) in [6.45, 7) is 2.14. The quantitative estimate of drug-likeness (QED) is 0.395. The van der Waals surface area contributed by atoms with E-state index in [1.165, 1.54) is 0 Å². The zero-order chi connectivity index (χ0) is 21.0. The molecule has 0 radical (unpaired) electrons. The van der Waals surface area contributed by atoms with Crippen molar-refractivity contribution in [2.45, 2.75) is 19.6 Å². The third kappa shape index (κ3) is 4.93. The first kappa shape index (κ1) is 21.2. The summed E-state index contributed by atoms with van der Waals surface area (Å²) in [5.41, 5.74) is 2.53. The highest BCUT2D eigenvalue weighted by Gasteiger charge is 2.24. The Labute approximate surface area is 182 Å². The highest BCUT2D eigenvalue weighted by Crippen LogP contribution is 2.29. The molecule has 2 N–H and O–H groups in total. The largest absolute Gasteiger partial charge is 0.507 e. The number of aromatic nitrogens is 3. The SMILES string of the molecule is C/N=C(C)\C(=C(/O)c1ccc(Br)cc1)[C@@H](O)c1cn(Cc2ccccc2Cl)nn1. The van der Waals surface area contributed by atoms with Crippen LogP contribution in [0.15, 0.2) is 69.8 Å². The lowest BCUT2D eigenvalue weighted by atomic mass is 9.98. The van der Waals surface area contributed by atoms with Crippen LogP contribution in [0, 0.1) is 0 Å². The van der Waals surface area contributed by atoms with Crippen molar-refractivity contribution in [3.63, 3.8) is 0 Å². The maximum Gasteiger partial charge on any atom is 0.130 e. The van der Waals surface area contributed by atoms with Gasteiger partial charge in [0, 0.05) is 33.4 Å². The van der Waals surface area contributed by atoms with Crippen molar-refractivity contribution >= 4 is 39.0 Å². The maximum absolute atomic E-state index is 11.0. The Kier molecular flexibility index (Phi) is 6.84. The van der Waals surface area contributed by atoms with Gasteiger partial charge in [-0.05, 0) is 30.7 Å². The summed E-state index contributed by atoms with van der Waals surface area (Å²) in [7, 11) is 1.60. The minimum absolute atomic E-state index is 0.0613. The smallest absolute Gasteiger partial charge is 0.130 e. The lowest BCUT2D eigenvalue weighted by molar-refractivity contribution is 0.214. The zero-order valence-corrected chi connectivity index (χ0v) is 18.3. The van der Waals surface area contributed by atoms with Gasteiger partial charge in [0.25, 0.3) is 0 Å². The molecule has 2 aromatic carbocycles. The second kappa shape index (κ2) is 9.35. The predicted molar refractivity (Wildman–Crippen MR) is 118 cm³/mol. The van der Waals surface area contributed by atoms with E-state index < -0.39 is 6.10 Å². The molecule has 3 aromatic rings. The van der Waals surface area contributed by atoms with E-state index in [0.29, 0.717) is 28.5 Å². The third-order valence-electron chi connectivity index (χ3n) is 4.50. The van der Waals surface area contributed by atoms with Gasteiger partial charge in [-0.15, -0.1) is 5.10 Å². The predicted octanol–water partition coefficient (Wildman–Crippen LogP) is 4.84. The Morgan fingerprint density at radius 3 is 2.55 bits per heavy atom. The summed E-state index contributed by atoms with van der Waals surface area (Å²) >= 11 is 9.58. The summed E-state index contributed by atoms with van der Waals surface area (Å²) in [5.74, 6) is -0.0613. The van der Waals surface area contributed by atoms with E-state index in [4.69, 9.17) is 11.6 Å². The topological polar surface area (TPSA) is 83.5 Å². The van der Waals surface area contributed by atoms with Gasteiger partial charge in [-0.25, -0.2) is 4.68 Å². The van der Waals surface area contributed by atoms with Crippen LogP contribution in [0.3, 0.4) is 0 Å². The van der Waals surface area contributed by atoms with E-state index >= 15 is 0 Å². The van der Waals surface area contributed by atoms with Crippen LogP contribution in [0.1, 0.15) is 29.8 Å². The van der Waals surface area contributed by atoms with Crippen molar-refractivity contribution in [2.75, 3.05) is 7.05 Å². The van der Waals surface area contributed by atoms with Crippen LogP contribution in [0.5, 0.6) is 0 Å². The van der Waals surface area contributed by atoms with Crippen molar-refractivity contribution in [3.8, 4) is 0 Å². The van der Waals surface area contributed by atoms with Gasteiger partial charge in [0.1, 0.15) is 17.6 Å². The zero-order valence-electron chi connectivity index (χ0n) is 15.9. The molecule has 0 amide bonds. The molecule has 0 bridgehead atoms. The Balaban J connectivity index is 1.94. The first-order valence-corrected chi connectivity index (χ1v) is 10.0. The van der Waals surface area contributed by atoms with E-state index in [1.807, 2.05) is 36.4 Å². The van der Waals surface area contributed by atoms with Crippen molar-refractivity contribution in [1.29, 1.82) is 0 Å². The highest BCUT2D eigenvalue weighted by molar-refractivity contribution is 9.10. The lowest BCUT2D eigenvalue weighted by Gasteiger charge is -2.15. The van der Waals surface area contributed by atoms with E-state index in [1.54, 1.807) is 37.0 Å². The van der Waals surface area contributed by atoms with Crippen molar-refractivity contribution in [3.05, 3.63) is 86.6 Å². The number of aliphatic imine (C=N–C) groups is 1. The van der Waals surface area contributed by atoms with E-state index in [-0.39, 0.29) is 11.3 Å². The lowest BCUT2D eigenvalue weighted by Crippen LogP contribution is -2.12. The van der Waals surface area contributed by atoms with Crippen LogP contribution in [-0.2, 0) is 6.54 Å². The van der Waals surface area contributed by atoms with Crippen molar-refractivity contribution in [2.24, 2.45) is 4.99 Å². The second-order valence-electron chi connectivity index (χ2n) is 6.41. The minimum atomic E-state index is -1.19. The van der Waals surface area contributed by atoms with Crippen LogP contribution in [0.4, 0.5) is 0 Å². The van der Waals surface area contributed by atoms with Gasteiger partial charge in [-0.3, -0.25) is 4.99 Å². The van der Waals surface area contributed by atoms with Crippen molar-refractivity contribution < 1.29 is 10.2 Å². The number of halogens is 2. The van der Waals surface area contributed by atoms with Crippen LogP contribution in [-0.4, -0.2) is 38.0 Å². The van der Waals surface area contributed by atoms with Crippen LogP contribution in [0.2, 0.25) is 5.02 Å². The Hall–Kier alpha value is -2.48. The Morgan fingerprint density at radius 2 is 1.90 bits per heavy atom. The van der Waals surface area contributed by atoms with E-state index in [2.05, 4.69) is 31.2 Å². The van der Waals surface area contributed by atoms with Crippen LogP contribution >= 0.6 is 27.5 Å². The molecule has 3 rings (SSSR count). The number of hydrogen-bond acceptors (Lipinski definition) is 5. The fourth-order valence-electron chi connectivity index (χ4n) is 2.85. The first-order chi connectivity index (χ1) is 13.9. The van der Waals surface area contributed by atoms with Gasteiger partial charge in [-0.1, -0.05) is 63.1 Å². The van der Waals surface area contributed by atoms with Gasteiger partial charge in [-0.2, -0.15) is 0 Å². The number of aliphatic hydroxyl groups is 2. The molecule has 1 aromatic heterocycles. The van der Waals surface area contributed by atoms with Gasteiger partial charge < -0.3 is 10.2 Å². The molecule has 0 saturated carbocycles. The summed E-state index contributed by atoms with van der Waals surface area (Å²) in [4.78, 5) is 4.14. The van der Waals surface area contributed by atoms with Gasteiger partial charge in [0.05, 0.1) is 12.7 Å². The standard InChI is InChI=1S/C21H20BrClN4O2/c1-13(24-2)19(20(28)14-7-9-16(22)10-8-14)21(29)18-12-27(26-25-18)11-15-5-3-4-6-17(15)23/h3-10,12,21,28-29H,11H2,1-2H3/b20-19+,24-13-/t21-/m0/s1. The number of hydrogen-bond donors (Lipinski definition) is 2. The van der Waals surface area contributed by atoms with E-state index in [9.17, 15) is 10.2 Å². The molecule has 6 nitrogen and oxygen atoms in total. The van der Waals surface area contributed by atoms with Gasteiger partial charge >= 0.3 is 0 Å². The number of nitrogens with zero attached hydrogens (tertiary/aromatic N) is 4. The highest BCUT2D eigenvalue weighted by atomic mass is 79.9. The first-order valence-electron chi connectivity index (χ1n) is 8.85. The van der Waals surface area contributed by atoms with Crippen molar-refractivity contribution in [1.82, 2.24) is 15.0 Å². The van der Waals surface area contributed by atoms with E-state index in [0.717, 1.165) is 10.0 Å².